The second-order valence-corrected chi connectivity index (χ2v) is 3.29. The number of aliphatic carboxylic acids is 1. The lowest BCUT2D eigenvalue weighted by Gasteiger charge is -2.21. The Kier molecular flexibility index (Phi) is 3.98. The summed E-state index contributed by atoms with van der Waals surface area (Å²) in [5.41, 5.74) is -0.0449. The van der Waals surface area contributed by atoms with Crippen LogP contribution < -0.4 is 5.32 Å². The quantitative estimate of drug-likeness (QED) is 0.655. The monoisotopic (exact) mass is 227 g/mol. The maximum Gasteiger partial charge on any atom is 0.352 e. The lowest BCUT2D eigenvalue weighted by atomic mass is 10.1. The van der Waals surface area contributed by atoms with Crippen LogP contribution in [0, 0.1) is 0 Å². The minimum absolute atomic E-state index is 0.0449. The predicted molar refractivity (Wildman–Crippen MR) is 54.7 cm³/mol. The fourth-order valence-corrected chi connectivity index (χ4v) is 1.26. The van der Waals surface area contributed by atoms with Gasteiger partial charge in [0.25, 0.3) is 0 Å². The van der Waals surface area contributed by atoms with Gasteiger partial charge in [0.05, 0.1) is 6.54 Å². The summed E-state index contributed by atoms with van der Waals surface area (Å²) in [5.74, 6) is -1.60. The van der Waals surface area contributed by atoms with E-state index in [0.717, 1.165) is 5.01 Å². The second kappa shape index (κ2) is 5.24. The highest BCUT2D eigenvalue weighted by atomic mass is 16.4. The van der Waals surface area contributed by atoms with Crippen LogP contribution in [0.25, 0.3) is 0 Å². The molecule has 16 heavy (non-hydrogen) atoms. The van der Waals surface area contributed by atoms with E-state index < -0.39 is 5.97 Å². The SMILES string of the molecule is CNC(=O)CCN1N=C(C(=O)O)CCC1=O. The minimum atomic E-state index is -1.13. The molecule has 1 rings (SSSR count). The van der Waals surface area contributed by atoms with Crippen molar-refractivity contribution in [2.24, 2.45) is 5.10 Å². The van der Waals surface area contributed by atoms with Gasteiger partial charge in [0.2, 0.25) is 11.8 Å². The Morgan fingerprint density at radius 1 is 1.50 bits per heavy atom. The number of hydrazone groups is 1. The molecule has 0 aromatic rings. The first-order valence-electron chi connectivity index (χ1n) is 4.86. The van der Waals surface area contributed by atoms with Crippen LogP contribution in [0.15, 0.2) is 5.10 Å². The molecule has 2 amide bonds. The summed E-state index contributed by atoms with van der Waals surface area (Å²) in [6.45, 7) is 0.106. The summed E-state index contributed by atoms with van der Waals surface area (Å²) in [6, 6.07) is 0. The van der Waals surface area contributed by atoms with Crippen molar-refractivity contribution < 1.29 is 19.5 Å². The maximum absolute atomic E-state index is 11.4. The zero-order valence-corrected chi connectivity index (χ0v) is 8.89. The highest BCUT2D eigenvalue weighted by Crippen LogP contribution is 2.09. The molecule has 7 heteroatoms. The van der Waals surface area contributed by atoms with E-state index in [1.165, 1.54) is 7.05 Å². The predicted octanol–water partition coefficient (Wildman–Crippen LogP) is -0.814. The highest BCUT2D eigenvalue weighted by molar-refractivity contribution is 6.36. The van der Waals surface area contributed by atoms with Crippen LogP contribution in [0.4, 0.5) is 0 Å². The molecule has 0 atom stereocenters. The van der Waals surface area contributed by atoms with Gasteiger partial charge >= 0.3 is 5.97 Å². The summed E-state index contributed by atoms with van der Waals surface area (Å²) >= 11 is 0. The van der Waals surface area contributed by atoms with Gasteiger partial charge in [-0.3, -0.25) is 9.59 Å². The van der Waals surface area contributed by atoms with Crippen LogP contribution in [-0.2, 0) is 14.4 Å². The van der Waals surface area contributed by atoms with Crippen molar-refractivity contribution in [3.8, 4) is 0 Å². The van der Waals surface area contributed by atoms with Crippen molar-refractivity contribution in [1.82, 2.24) is 10.3 Å². The number of carboxylic acids is 1. The molecule has 88 valence electrons. The summed E-state index contributed by atoms with van der Waals surface area (Å²) < 4.78 is 0. The van der Waals surface area contributed by atoms with E-state index in [0.29, 0.717) is 0 Å². The van der Waals surface area contributed by atoms with E-state index in [9.17, 15) is 14.4 Å². The number of hydrogen-bond donors (Lipinski definition) is 2. The Morgan fingerprint density at radius 2 is 2.19 bits per heavy atom. The van der Waals surface area contributed by atoms with Gasteiger partial charge in [-0.1, -0.05) is 0 Å². The van der Waals surface area contributed by atoms with Crippen molar-refractivity contribution in [3.63, 3.8) is 0 Å². The highest BCUT2D eigenvalue weighted by Gasteiger charge is 2.24. The molecular weight excluding hydrogens is 214 g/mol. The first kappa shape index (κ1) is 12.2. The number of amides is 2. The third kappa shape index (κ3) is 3.04. The Balaban J connectivity index is 2.62. The lowest BCUT2D eigenvalue weighted by molar-refractivity contribution is -0.133. The number of rotatable bonds is 4. The fraction of sp³-hybridized carbons (Fsp3) is 0.556. The molecule has 0 aromatic carbocycles. The van der Waals surface area contributed by atoms with Gasteiger partial charge < -0.3 is 10.4 Å². The standard InChI is InChI=1S/C9H13N3O4/c1-10-7(13)4-5-12-8(14)3-2-6(11-12)9(15)16/h2-5H2,1H3,(H,10,13)(H,15,16). The van der Waals surface area contributed by atoms with Crippen LogP contribution in [0.2, 0.25) is 0 Å². The van der Waals surface area contributed by atoms with Crippen LogP contribution in [0.3, 0.4) is 0 Å². The van der Waals surface area contributed by atoms with Crippen LogP contribution in [0.5, 0.6) is 0 Å². The molecular formula is C9H13N3O4. The molecule has 0 aliphatic carbocycles. The molecule has 0 saturated heterocycles. The van der Waals surface area contributed by atoms with E-state index in [4.69, 9.17) is 5.11 Å². The summed E-state index contributed by atoms with van der Waals surface area (Å²) in [5, 5.41) is 15.9. The fourth-order valence-electron chi connectivity index (χ4n) is 1.26. The van der Waals surface area contributed by atoms with Gasteiger partial charge in [0.1, 0.15) is 5.71 Å². The van der Waals surface area contributed by atoms with Crippen LogP contribution >= 0.6 is 0 Å². The normalized spacial score (nSPS) is 15.7. The zero-order valence-electron chi connectivity index (χ0n) is 8.89. The summed E-state index contributed by atoms with van der Waals surface area (Å²) in [6.07, 6.45) is 0.377. The molecule has 0 saturated carbocycles. The van der Waals surface area contributed by atoms with Gasteiger partial charge in [0.15, 0.2) is 0 Å². The lowest BCUT2D eigenvalue weighted by Crippen LogP contribution is -2.36. The molecule has 0 bridgehead atoms. The van der Waals surface area contributed by atoms with E-state index in [1.807, 2.05) is 0 Å². The second-order valence-electron chi connectivity index (χ2n) is 3.29. The average molecular weight is 227 g/mol. The Hall–Kier alpha value is -1.92. The molecule has 0 unspecified atom stereocenters. The van der Waals surface area contributed by atoms with Crippen LogP contribution in [0.1, 0.15) is 19.3 Å². The third-order valence-corrected chi connectivity index (χ3v) is 2.18. The molecule has 0 fully saturated rings. The molecule has 0 aromatic heterocycles. The third-order valence-electron chi connectivity index (χ3n) is 2.18. The number of nitrogens with one attached hydrogen (secondary N) is 1. The van der Waals surface area contributed by atoms with Gasteiger partial charge in [0, 0.05) is 26.3 Å². The molecule has 0 spiro atoms. The van der Waals surface area contributed by atoms with Crippen molar-refractivity contribution in [2.45, 2.75) is 19.3 Å². The Labute approximate surface area is 92.1 Å². The molecule has 1 aliphatic rings. The molecule has 7 nitrogen and oxygen atoms in total. The van der Waals surface area contributed by atoms with Gasteiger partial charge in [-0.15, -0.1) is 0 Å². The Morgan fingerprint density at radius 3 is 2.75 bits per heavy atom. The van der Waals surface area contributed by atoms with E-state index in [1.54, 1.807) is 0 Å². The van der Waals surface area contributed by atoms with Crippen molar-refractivity contribution in [3.05, 3.63) is 0 Å². The largest absolute Gasteiger partial charge is 0.477 e. The molecule has 1 aliphatic heterocycles. The molecule has 2 N–H and O–H groups in total. The average Bonchev–Trinajstić information content (AvgIpc) is 2.27. The van der Waals surface area contributed by atoms with E-state index in [2.05, 4.69) is 10.4 Å². The number of carboxylic acid groups (broad SMARTS) is 1. The number of carbonyl (C=O) groups excluding carboxylic acids is 2. The number of nitrogens with zero attached hydrogens (tertiary/aromatic N) is 2. The van der Waals surface area contributed by atoms with E-state index in [-0.39, 0.29) is 43.3 Å². The number of hydrogen-bond acceptors (Lipinski definition) is 4. The molecule has 1 heterocycles. The Bertz CT molecular complexity index is 351. The van der Waals surface area contributed by atoms with Gasteiger partial charge in [-0.05, 0) is 0 Å². The van der Waals surface area contributed by atoms with Crippen molar-refractivity contribution >= 4 is 23.5 Å². The summed E-state index contributed by atoms with van der Waals surface area (Å²) in [4.78, 5) is 33.0. The number of carbonyl (C=O) groups is 3. The smallest absolute Gasteiger partial charge is 0.352 e. The van der Waals surface area contributed by atoms with E-state index >= 15 is 0 Å². The first-order chi connectivity index (χ1) is 7.54. The zero-order chi connectivity index (χ0) is 12.1. The maximum atomic E-state index is 11.4. The summed E-state index contributed by atoms with van der Waals surface area (Å²) in [7, 11) is 1.49. The van der Waals surface area contributed by atoms with Crippen LogP contribution in [-0.4, -0.2) is 47.2 Å². The molecule has 0 radical (unpaired) electrons. The van der Waals surface area contributed by atoms with Crippen molar-refractivity contribution in [2.75, 3.05) is 13.6 Å². The first-order valence-corrected chi connectivity index (χ1v) is 4.86. The van der Waals surface area contributed by atoms with Gasteiger partial charge in [-0.2, -0.15) is 5.10 Å². The topological polar surface area (TPSA) is 99.1 Å². The minimum Gasteiger partial charge on any atom is -0.477 e. The van der Waals surface area contributed by atoms with Gasteiger partial charge in [-0.25, -0.2) is 9.80 Å². The van der Waals surface area contributed by atoms with Crippen molar-refractivity contribution in [1.29, 1.82) is 0 Å².